The minimum atomic E-state index is -0.604. The molecule has 0 saturated carbocycles. The molecule has 1 atom stereocenters. The number of rotatable bonds is 45. The van der Waals surface area contributed by atoms with Crippen molar-refractivity contribution in [3.05, 3.63) is 158 Å². The monoisotopic (exact) mass is 907 g/mol. The number of hydrogen-bond acceptors (Lipinski definition) is 5. The quantitative estimate of drug-likeness (QED) is 0.0346. The lowest BCUT2D eigenvalue weighted by Crippen LogP contribution is -2.30. The molecule has 0 bridgehead atoms. The highest BCUT2D eigenvalue weighted by molar-refractivity contribution is 5.70. The van der Waals surface area contributed by atoms with Crippen LogP contribution in [-0.4, -0.2) is 37.9 Å². The Morgan fingerprint density at radius 1 is 0.333 bits per heavy atom. The Morgan fingerprint density at radius 2 is 0.636 bits per heavy atom. The number of unbranched alkanes of at least 4 members (excludes halogenated alkanes) is 8. The van der Waals surface area contributed by atoms with E-state index in [0.717, 1.165) is 154 Å². The van der Waals surface area contributed by atoms with Gasteiger partial charge in [-0.1, -0.05) is 192 Å². The molecule has 0 amide bonds. The molecular weight excluding hydrogens is 813 g/mol. The Bertz CT molecular complexity index is 1490. The van der Waals surface area contributed by atoms with Crippen molar-refractivity contribution < 1.29 is 23.8 Å². The number of hydrogen-bond donors (Lipinski definition) is 0. The van der Waals surface area contributed by atoms with Crippen molar-refractivity contribution >= 4 is 11.9 Å². The van der Waals surface area contributed by atoms with Crippen LogP contribution in [0.1, 0.15) is 188 Å². The highest BCUT2D eigenvalue weighted by atomic mass is 16.6. The van der Waals surface area contributed by atoms with Gasteiger partial charge in [0.1, 0.15) is 6.61 Å². The van der Waals surface area contributed by atoms with E-state index in [1.54, 1.807) is 0 Å². The summed E-state index contributed by atoms with van der Waals surface area (Å²) in [4.78, 5) is 25.4. The molecule has 0 aromatic rings. The topological polar surface area (TPSA) is 61.8 Å². The van der Waals surface area contributed by atoms with Crippen molar-refractivity contribution in [1.82, 2.24) is 0 Å². The normalized spacial score (nSPS) is 13.6. The molecule has 1 unspecified atom stereocenters. The van der Waals surface area contributed by atoms with Crippen molar-refractivity contribution in [2.75, 3.05) is 19.8 Å². The summed E-state index contributed by atoms with van der Waals surface area (Å²) >= 11 is 0. The highest BCUT2D eigenvalue weighted by Gasteiger charge is 2.17. The summed E-state index contributed by atoms with van der Waals surface area (Å²) in [6, 6.07) is 0. The molecule has 0 N–H and O–H groups in total. The van der Waals surface area contributed by atoms with Crippen molar-refractivity contribution in [2.45, 2.75) is 194 Å². The Labute approximate surface area is 405 Å². The average Bonchev–Trinajstić information content (AvgIpc) is 3.32. The molecule has 0 aliphatic rings. The summed E-state index contributed by atoms with van der Waals surface area (Å²) in [7, 11) is 0. The molecule has 66 heavy (non-hydrogen) atoms. The van der Waals surface area contributed by atoms with Gasteiger partial charge in [0.15, 0.2) is 6.10 Å². The second-order valence-corrected chi connectivity index (χ2v) is 16.3. The molecule has 0 aliphatic carbocycles. The van der Waals surface area contributed by atoms with Crippen LogP contribution in [-0.2, 0) is 23.8 Å². The lowest BCUT2D eigenvalue weighted by atomic mass is 10.1. The third-order valence-corrected chi connectivity index (χ3v) is 10.0. The predicted octanol–water partition coefficient (Wildman–Crippen LogP) is 17.9. The lowest BCUT2D eigenvalue weighted by molar-refractivity contribution is -0.163. The van der Waals surface area contributed by atoms with Crippen LogP contribution in [0.3, 0.4) is 0 Å². The zero-order chi connectivity index (χ0) is 47.7. The molecule has 0 fully saturated rings. The van der Waals surface area contributed by atoms with E-state index in [0.29, 0.717) is 19.4 Å². The summed E-state index contributed by atoms with van der Waals surface area (Å²) in [5, 5.41) is 0. The van der Waals surface area contributed by atoms with Crippen LogP contribution in [0.15, 0.2) is 158 Å². The molecule has 0 aromatic carbocycles. The molecule has 0 saturated heterocycles. The first kappa shape index (κ1) is 61.5. The molecule has 0 rings (SSSR count). The molecule has 0 heterocycles. The van der Waals surface area contributed by atoms with Gasteiger partial charge in [-0.3, -0.25) is 9.59 Å². The lowest BCUT2D eigenvalue weighted by Gasteiger charge is -2.18. The Morgan fingerprint density at radius 3 is 1.03 bits per heavy atom. The largest absolute Gasteiger partial charge is 0.462 e. The van der Waals surface area contributed by atoms with Crippen molar-refractivity contribution in [3.63, 3.8) is 0 Å². The fourth-order valence-electron chi connectivity index (χ4n) is 6.28. The number of esters is 2. The maximum Gasteiger partial charge on any atom is 0.306 e. The maximum atomic E-state index is 12.8. The third-order valence-electron chi connectivity index (χ3n) is 10.0. The van der Waals surface area contributed by atoms with Gasteiger partial charge in [-0.05, 0) is 141 Å². The van der Waals surface area contributed by atoms with E-state index in [-0.39, 0.29) is 25.2 Å². The van der Waals surface area contributed by atoms with Crippen LogP contribution >= 0.6 is 0 Å². The van der Waals surface area contributed by atoms with Crippen LogP contribution in [0, 0.1) is 0 Å². The zero-order valence-electron chi connectivity index (χ0n) is 42.1. The van der Waals surface area contributed by atoms with Gasteiger partial charge in [0.2, 0.25) is 0 Å². The molecule has 5 nitrogen and oxygen atoms in total. The standard InChI is InChI=1S/C61H94O5/c1-4-7-10-13-16-19-22-25-28-30-32-35-38-41-44-47-50-53-56-64-57-59(66-61(63)55-52-49-46-43-40-37-33-27-24-21-18-15-12-9-6-3)58-65-60(62)54-51-48-45-42-39-36-34-31-29-26-23-20-17-14-11-8-5-2/h7-12,16-21,25-29,32-36,40-41,43-44,59H,4-6,13-15,22-24,30-31,37-39,42,45-58H2,1-3H3/b10-7-,11-8-,12-9-,19-16-,20-17-,21-18-,28-25-,29-26-,33-27-,35-32-,36-34-,43-40-,44-41-. The number of carbonyl (C=O) groups excluding carboxylic acids is 2. The van der Waals surface area contributed by atoms with Crippen LogP contribution in [0.4, 0.5) is 0 Å². The van der Waals surface area contributed by atoms with Gasteiger partial charge in [0.05, 0.1) is 6.61 Å². The summed E-state index contributed by atoms with van der Waals surface area (Å²) in [6.07, 6.45) is 81.2. The average molecular weight is 907 g/mol. The Hall–Kier alpha value is -4.48. The molecule has 0 radical (unpaired) electrons. The van der Waals surface area contributed by atoms with E-state index in [4.69, 9.17) is 14.2 Å². The van der Waals surface area contributed by atoms with Gasteiger partial charge >= 0.3 is 11.9 Å². The van der Waals surface area contributed by atoms with E-state index in [1.807, 2.05) is 0 Å². The molecule has 368 valence electrons. The molecule has 0 spiro atoms. The third kappa shape index (κ3) is 52.1. The first-order chi connectivity index (χ1) is 32.6. The van der Waals surface area contributed by atoms with Crippen LogP contribution in [0.2, 0.25) is 0 Å². The molecule has 0 aromatic heterocycles. The fourth-order valence-corrected chi connectivity index (χ4v) is 6.28. The zero-order valence-corrected chi connectivity index (χ0v) is 42.1. The van der Waals surface area contributed by atoms with E-state index in [1.165, 1.54) is 0 Å². The second kappa shape index (κ2) is 54.9. The van der Waals surface area contributed by atoms with Gasteiger partial charge in [0, 0.05) is 19.4 Å². The summed E-state index contributed by atoms with van der Waals surface area (Å²) in [6.45, 7) is 7.28. The van der Waals surface area contributed by atoms with Crippen LogP contribution in [0.25, 0.3) is 0 Å². The number of ether oxygens (including phenoxy) is 3. The predicted molar refractivity (Wildman–Crippen MR) is 288 cm³/mol. The summed E-state index contributed by atoms with van der Waals surface area (Å²) in [5.41, 5.74) is 0. The van der Waals surface area contributed by atoms with Gasteiger partial charge in [-0.2, -0.15) is 0 Å². The van der Waals surface area contributed by atoms with E-state index in [9.17, 15) is 9.59 Å². The van der Waals surface area contributed by atoms with Crippen molar-refractivity contribution in [3.8, 4) is 0 Å². The molecule has 0 aliphatic heterocycles. The van der Waals surface area contributed by atoms with Crippen molar-refractivity contribution in [1.29, 1.82) is 0 Å². The Kier molecular flexibility index (Phi) is 51.1. The van der Waals surface area contributed by atoms with Gasteiger partial charge in [-0.25, -0.2) is 0 Å². The minimum Gasteiger partial charge on any atom is -0.462 e. The second-order valence-electron chi connectivity index (χ2n) is 16.3. The van der Waals surface area contributed by atoms with Crippen molar-refractivity contribution in [2.24, 2.45) is 0 Å². The minimum absolute atomic E-state index is 0.0262. The van der Waals surface area contributed by atoms with Gasteiger partial charge < -0.3 is 14.2 Å². The van der Waals surface area contributed by atoms with Crippen LogP contribution < -0.4 is 0 Å². The summed E-state index contributed by atoms with van der Waals surface area (Å²) < 4.78 is 17.3. The highest BCUT2D eigenvalue weighted by Crippen LogP contribution is 2.10. The first-order valence-corrected chi connectivity index (χ1v) is 26.0. The number of allylic oxidation sites excluding steroid dienone is 26. The van der Waals surface area contributed by atoms with Gasteiger partial charge in [0.25, 0.3) is 0 Å². The first-order valence-electron chi connectivity index (χ1n) is 26.0. The maximum absolute atomic E-state index is 12.8. The fraction of sp³-hybridized carbons (Fsp3) is 0.541. The molecule has 5 heteroatoms. The number of carbonyl (C=O) groups is 2. The van der Waals surface area contributed by atoms with E-state index in [2.05, 4.69) is 179 Å². The van der Waals surface area contributed by atoms with E-state index >= 15 is 0 Å². The Balaban J connectivity index is 4.51. The van der Waals surface area contributed by atoms with Crippen LogP contribution in [0.5, 0.6) is 0 Å². The van der Waals surface area contributed by atoms with E-state index < -0.39 is 6.10 Å². The summed E-state index contributed by atoms with van der Waals surface area (Å²) in [5.74, 6) is -0.513. The SMILES string of the molecule is CC/C=C\C/C=C\C/C=C\C/C=C\C/C=C\CCCCOCC(COC(=O)CCCCCC/C=C\C/C=C\C/C=C\C/C=C\CC)OC(=O)CCCC/C=C\C/C=C\C/C=C\C/C=C\CC. The van der Waals surface area contributed by atoms with Gasteiger partial charge in [-0.15, -0.1) is 0 Å². The molecular formula is C61H94O5. The smallest absolute Gasteiger partial charge is 0.306 e.